The van der Waals surface area contributed by atoms with Gasteiger partial charge in [-0.3, -0.25) is 0 Å². The highest BCUT2D eigenvalue weighted by molar-refractivity contribution is 5.45. The Morgan fingerprint density at radius 1 is 0.926 bits per heavy atom. The van der Waals surface area contributed by atoms with Crippen molar-refractivity contribution >= 4 is 0 Å². The molecule has 1 atom stereocenters. The Morgan fingerprint density at radius 2 is 1.56 bits per heavy atom. The normalized spacial score (nSPS) is 14.8. The summed E-state index contributed by atoms with van der Waals surface area (Å²) >= 11 is 0. The summed E-state index contributed by atoms with van der Waals surface area (Å²) in [6.07, 6.45) is -7.04. The maximum Gasteiger partial charge on any atom is 0.417 e. The number of para-hydroxylation sites is 1. The first-order valence-corrected chi connectivity index (χ1v) is 8.05. The number of phenolic OH excluding ortho intramolecular Hbond substituents is 3. The van der Waals surface area contributed by atoms with Crippen molar-refractivity contribution in [1.82, 2.24) is 0 Å². The van der Waals surface area contributed by atoms with E-state index in [4.69, 9.17) is 0 Å². The molecule has 148 valence electrons. The maximum absolute atomic E-state index is 13.7. The quantitative estimate of drug-likeness (QED) is 0.458. The number of benzene rings is 2. The van der Waals surface area contributed by atoms with Gasteiger partial charge in [0, 0.05) is 17.5 Å². The van der Waals surface area contributed by atoms with Gasteiger partial charge in [-0.1, -0.05) is 26.0 Å². The van der Waals surface area contributed by atoms with E-state index >= 15 is 0 Å². The molecule has 0 radical (unpaired) electrons. The van der Waals surface area contributed by atoms with E-state index in [-0.39, 0.29) is 11.1 Å². The molecule has 4 nitrogen and oxygen atoms in total. The summed E-state index contributed by atoms with van der Waals surface area (Å²) in [6.45, 7) is 2.67. The summed E-state index contributed by atoms with van der Waals surface area (Å²) < 4.78 is 54.7. The standard InChI is InChI=1S/C19H20F4O4/c1-17(2,13-8-12(20)6-7-14(13)24)10-18(27,19(21,22)23)9-11-4-3-5-15(25)16(11)26/h3-8,24-27H,9-10H2,1-2H3. The molecule has 0 aliphatic heterocycles. The first-order chi connectivity index (χ1) is 12.3. The summed E-state index contributed by atoms with van der Waals surface area (Å²) in [7, 11) is 0. The summed E-state index contributed by atoms with van der Waals surface area (Å²) in [5.41, 5.74) is -5.16. The lowest BCUT2D eigenvalue weighted by molar-refractivity contribution is -0.266. The molecule has 2 aromatic rings. The van der Waals surface area contributed by atoms with Crippen LogP contribution in [-0.2, 0) is 11.8 Å². The average Bonchev–Trinajstić information content (AvgIpc) is 2.52. The van der Waals surface area contributed by atoms with Crippen LogP contribution in [0.25, 0.3) is 0 Å². The van der Waals surface area contributed by atoms with Crippen LogP contribution in [0.15, 0.2) is 36.4 Å². The highest BCUT2D eigenvalue weighted by Gasteiger charge is 2.56. The molecule has 0 fully saturated rings. The minimum absolute atomic E-state index is 0.0923. The van der Waals surface area contributed by atoms with Crippen molar-refractivity contribution in [2.45, 2.75) is 43.9 Å². The molecule has 0 spiro atoms. The van der Waals surface area contributed by atoms with Gasteiger partial charge in [0.25, 0.3) is 0 Å². The molecule has 27 heavy (non-hydrogen) atoms. The predicted molar refractivity (Wildman–Crippen MR) is 90.2 cm³/mol. The smallest absolute Gasteiger partial charge is 0.417 e. The van der Waals surface area contributed by atoms with Crippen molar-refractivity contribution < 1.29 is 38.0 Å². The number of hydrogen-bond donors (Lipinski definition) is 4. The highest BCUT2D eigenvalue weighted by Crippen LogP contribution is 2.46. The van der Waals surface area contributed by atoms with E-state index in [1.807, 2.05) is 0 Å². The molecule has 0 aliphatic carbocycles. The fourth-order valence-corrected chi connectivity index (χ4v) is 3.18. The molecule has 1 unspecified atom stereocenters. The molecule has 0 saturated carbocycles. The number of alkyl halides is 3. The maximum atomic E-state index is 13.7. The van der Waals surface area contributed by atoms with Crippen LogP contribution in [0.4, 0.5) is 17.6 Å². The van der Waals surface area contributed by atoms with Gasteiger partial charge in [-0.25, -0.2) is 4.39 Å². The van der Waals surface area contributed by atoms with Crippen LogP contribution in [0.3, 0.4) is 0 Å². The summed E-state index contributed by atoms with van der Waals surface area (Å²) in [5, 5.41) is 39.7. The van der Waals surface area contributed by atoms with Crippen LogP contribution in [0.5, 0.6) is 17.2 Å². The molecule has 8 heteroatoms. The van der Waals surface area contributed by atoms with Crippen LogP contribution >= 0.6 is 0 Å². The van der Waals surface area contributed by atoms with Gasteiger partial charge >= 0.3 is 6.18 Å². The molecule has 2 rings (SSSR count). The minimum Gasteiger partial charge on any atom is -0.508 e. The molecule has 0 aromatic heterocycles. The van der Waals surface area contributed by atoms with E-state index in [9.17, 15) is 38.0 Å². The third-order valence-electron chi connectivity index (χ3n) is 4.53. The van der Waals surface area contributed by atoms with Crippen LogP contribution in [0.1, 0.15) is 31.4 Å². The molecule has 0 amide bonds. The summed E-state index contributed by atoms with van der Waals surface area (Å²) in [6, 6.07) is 6.40. The van der Waals surface area contributed by atoms with Crippen LogP contribution in [-0.4, -0.2) is 32.2 Å². The van der Waals surface area contributed by atoms with Crippen molar-refractivity contribution in [3.8, 4) is 17.2 Å². The largest absolute Gasteiger partial charge is 0.508 e. The summed E-state index contributed by atoms with van der Waals surface area (Å²) in [4.78, 5) is 0. The molecule has 0 heterocycles. The lowest BCUT2D eigenvalue weighted by atomic mass is 9.72. The Hall–Kier alpha value is -2.48. The number of aliphatic hydroxyl groups is 1. The second-order valence-electron chi connectivity index (χ2n) is 7.21. The van der Waals surface area contributed by atoms with Crippen molar-refractivity contribution in [2.75, 3.05) is 0 Å². The van der Waals surface area contributed by atoms with Crippen molar-refractivity contribution in [2.24, 2.45) is 0 Å². The van der Waals surface area contributed by atoms with E-state index < -0.39 is 53.1 Å². The number of hydrogen-bond acceptors (Lipinski definition) is 4. The first kappa shape index (κ1) is 20.8. The molecule has 2 aromatic carbocycles. The van der Waals surface area contributed by atoms with Gasteiger partial charge < -0.3 is 20.4 Å². The molecular formula is C19H20F4O4. The zero-order chi connectivity index (χ0) is 20.6. The Kier molecular flexibility index (Phi) is 5.34. The van der Waals surface area contributed by atoms with E-state index in [2.05, 4.69) is 0 Å². The van der Waals surface area contributed by atoms with Crippen molar-refractivity contribution in [1.29, 1.82) is 0 Å². The molecule has 0 saturated heterocycles. The van der Waals surface area contributed by atoms with Gasteiger partial charge in [-0.05, 0) is 36.1 Å². The van der Waals surface area contributed by atoms with Crippen LogP contribution in [0, 0.1) is 5.82 Å². The van der Waals surface area contributed by atoms with Gasteiger partial charge in [-0.2, -0.15) is 13.2 Å². The van der Waals surface area contributed by atoms with Crippen molar-refractivity contribution in [3.05, 3.63) is 53.3 Å². The van der Waals surface area contributed by atoms with E-state index in [1.54, 1.807) is 0 Å². The third kappa shape index (κ3) is 4.27. The van der Waals surface area contributed by atoms with Crippen LogP contribution in [0.2, 0.25) is 0 Å². The predicted octanol–water partition coefficient (Wildman–Crippen LogP) is 4.15. The molecular weight excluding hydrogens is 368 g/mol. The summed E-state index contributed by atoms with van der Waals surface area (Å²) in [5.74, 6) is -2.51. The van der Waals surface area contributed by atoms with E-state index in [0.717, 1.165) is 30.3 Å². The number of aromatic hydroxyl groups is 3. The van der Waals surface area contributed by atoms with Gasteiger partial charge in [0.15, 0.2) is 17.1 Å². The third-order valence-corrected chi connectivity index (χ3v) is 4.53. The average molecular weight is 388 g/mol. The molecule has 4 N–H and O–H groups in total. The Bertz CT molecular complexity index is 833. The second-order valence-corrected chi connectivity index (χ2v) is 7.21. The van der Waals surface area contributed by atoms with Crippen LogP contribution < -0.4 is 0 Å². The number of phenols is 3. The van der Waals surface area contributed by atoms with Gasteiger partial charge in [0.2, 0.25) is 0 Å². The zero-order valence-corrected chi connectivity index (χ0v) is 14.7. The number of rotatable bonds is 5. The highest BCUT2D eigenvalue weighted by atomic mass is 19.4. The molecule has 0 aliphatic rings. The lowest BCUT2D eigenvalue weighted by Gasteiger charge is -2.38. The Labute approximate surface area is 153 Å². The first-order valence-electron chi connectivity index (χ1n) is 8.05. The minimum atomic E-state index is -5.09. The monoisotopic (exact) mass is 388 g/mol. The topological polar surface area (TPSA) is 80.9 Å². The zero-order valence-electron chi connectivity index (χ0n) is 14.7. The fraction of sp³-hybridized carbons (Fsp3) is 0.368. The number of halogens is 4. The SMILES string of the molecule is CC(C)(CC(O)(Cc1cccc(O)c1O)C(F)(F)F)c1cc(F)ccc1O. The van der Waals surface area contributed by atoms with Gasteiger partial charge in [0.05, 0.1) is 0 Å². The molecule has 0 bridgehead atoms. The van der Waals surface area contributed by atoms with E-state index in [0.29, 0.717) is 0 Å². The lowest BCUT2D eigenvalue weighted by Crippen LogP contribution is -2.50. The second kappa shape index (κ2) is 6.92. The Balaban J connectivity index is 2.47. The van der Waals surface area contributed by atoms with E-state index in [1.165, 1.54) is 19.9 Å². The van der Waals surface area contributed by atoms with Gasteiger partial charge in [-0.15, -0.1) is 0 Å². The van der Waals surface area contributed by atoms with Crippen molar-refractivity contribution in [3.63, 3.8) is 0 Å². The van der Waals surface area contributed by atoms with Gasteiger partial charge in [0.1, 0.15) is 11.6 Å². The fourth-order valence-electron chi connectivity index (χ4n) is 3.18. The Morgan fingerprint density at radius 3 is 2.15 bits per heavy atom.